The predicted molar refractivity (Wildman–Crippen MR) is 74.0 cm³/mol. The Labute approximate surface area is 114 Å². The molecule has 0 aromatic carbocycles. The van der Waals surface area contributed by atoms with Crippen LogP contribution >= 0.6 is 11.6 Å². The molecule has 0 aromatic heterocycles. The molecule has 0 aliphatic carbocycles. The number of rotatable bonds is 6. The maximum Gasteiger partial charge on any atom is 0.244 e. The lowest BCUT2D eigenvalue weighted by Gasteiger charge is -2.29. The first-order valence-electron chi connectivity index (χ1n) is 5.79. The quantitative estimate of drug-likeness (QED) is 0.458. The highest BCUT2D eigenvalue weighted by molar-refractivity contribution is 6.27. The van der Waals surface area contributed by atoms with Gasteiger partial charge in [0.15, 0.2) is 0 Å². The number of nitrogens with one attached hydrogen (secondary N) is 1. The monoisotopic (exact) mass is 272 g/mol. The van der Waals surface area contributed by atoms with Crippen molar-refractivity contribution in [3.05, 3.63) is 23.9 Å². The minimum absolute atomic E-state index is 0.106. The number of hydrogen-bond acceptors (Lipinski definition) is 2. The SMILES string of the molecule is C=CC(=O)NCN(C(=O)CCl)C(=C(C)C)C(C)C. The largest absolute Gasteiger partial charge is 0.335 e. The van der Waals surface area contributed by atoms with Gasteiger partial charge in [0.05, 0.1) is 6.67 Å². The van der Waals surface area contributed by atoms with Gasteiger partial charge in [-0.05, 0) is 25.8 Å². The molecule has 0 aliphatic rings. The molecule has 5 heteroatoms. The highest BCUT2D eigenvalue weighted by Crippen LogP contribution is 2.19. The van der Waals surface area contributed by atoms with Crippen LogP contribution in [0.5, 0.6) is 0 Å². The number of hydrogen-bond donors (Lipinski definition) is 1. The highest BCUT2D eigenvalue weighted by atomic mass is 35.5. The van der Waals surface area contributed by atoms with Crippen LogP contribution in [0.2, 0.25) is 0 Å². The van der Waals surface area contributed by atoms with Gasteiger partial charge in [-0.15, -0.1) is 11.6 Å². The lowest BCUT2D eigenvalue weighted by Crippen LogP contribution is -2.42. The molecular formula is C13H21ClN2O2. The Kier molecular flexibility index (Phi) is 7.36. The fraction of sp³-hybridized carbons (Fsp3) is 0.538. The van der Waals surface area contributed by atoms with Crippen molar-refractivity contribution in [2.45, 2.75) is 27.7 Å². The minimum Gasteiger partial charge on any atom is -0.335 e. The summed E-state index contributed by atoms with van der Waals surface area (Å²) in [5, 5.41) is 2.59. The van der Waals surface area contributed by atoms with Crippen molar-refractivity contribution in [1.29, 1.82) is 0 Å². The van der Waals surface area contributed by atoms with Crippen molar-refractivity contribution in [3.8, 4) is 0 Å². The smallest absolute Gasteiger partial charge is 0.244 e. The predicted octanol–water partition coefficient (Wildman–Crippen LogP) is 2.26. The van der Waals surface area contributed by atoms with Gasteiger partial charge in [0.25, 0.3) is 0 Å². The van der Waals surface area contributed by atoms with E-state index in [4.69, 9.17) is 11.6 Å². The summed E-state index contributed by atoms with van der Waals surface area (Å²) in [6.45, 7) is 11.3. The summed E-state index contributed by atoms with van der Waals surface area (Å²) in [4.78, 5) is 24.5. The fourth-order valence-corrected chi connectivity index (χ4v) is 1.91. The van der Waals surface area contributed by atoms with Crippen LogP contribution in [0.4, 0.5) is 0 Å². The molecule has 2 amide bonds. The zero-order valence-electron chi connectivity index (χ0n) is 11.4. The van der Waals surface area contributed by atoms with Gasteiger partial charge in [0.1, 0.15) is 5.88 Å². The van der Waals surface area contributed by atoms with Crippen LogP contribution in [-0.2, 0) is 9.59 Å². The molecule has 0 aromatic rings. The minimum atomic E-state index is -0.320. The molecule has 0 saturated heterocycles. The lowest BCUT2D eigenvalue weighted by atomic mass is 10.0. The second-order valence-electron chi connectivity index (χ2n) is 4.40. The Balaban J connectivity index is 5.10. The number of nitrogens with zero attached hydrogens (tertiary/aromatic N) is 1. The number of carbonyl (C=O) groups excluding carboxylic acids is 2. The van der Waals surface area contributed by atoms with Crippen LogP contribution in [0.25, 0.3) is 0 Å². The van der Waals surface area contributed by atoms with Crippen LogP contribution in [-0.4, -0.2) is 29.3 Å². The van der Waals surface area contributed by atoms with Crippen LogP contribution in [0.15, 0.2) is 23.9 Å². The van der Waals surface area contributed by atoms with Crippen LogP contribution in [0.3, 0.4) is 0 Å². The van der Waals surface area contributed by atoms with Crippen molar-refractivity contribution in [2.24, 2.45) is 5.92 Å². The third-order valence-electron chi connectivity index (χ3n) is 2.36. The first-order valence-corrected chi connectivity index (χ1v) is 6.32. The van der Waals surface area contributed by atoms with E-state index in [1.807, 2.05) is 27.7 Å². The van der Waals surface area contributed by atoms with Gasteiger partial charge in [-0.2, -0.15) is 0 Å². The number of halogens is 1. The molecule has 0 radical (unpaired) electrons. The van der Waals surface area contributed by atoms with E-state index >= 15 is 0 Å². The maximum atomic E-state index is 11.8. The molecule has 1 N–H and O–H groups in total. The van der Waals surface area contributed by atoms with Gasteiger partial charge in [-0.25, -0.2) is 0 Å². The van der Waals surface area contributed by atoms with E-state index in [1.54, 1.807) is 0 Å². The van der Waals surface area contributed by atoms with Crippen LogP contribution < -0.4 is 5.32 Å². The van der Waals surface area contributed by atoms with E-state index in [0.29, 0.717) is 0 Å². The Morgan fingerprint density at radius 1 is 1.39 bits per heavy atom. The molecule has 0 spiro atoms. The van der Waals surface area contributed by atoms with E-state index in [1.165, 1.54) is 11.0 Å². The van der Waals surface area contributed by atoms with E-state index in [2.05, 4.69) is 11.9 Å². The first kappa shape index (κ1) is 16.7. The Morgan fingerprint density at radius 3 is 2.28 bits per heavy atom. The van der Waals surface area contributed by atoms with Gasteiger partial charge in [-0.1, -0.05) is 26.0 Å². The van der Waals surface area contributed by atoms with Crippen molar-refractivity contribution in [1.82, 2.24) is 10.2 Å². The molecule has 0 saturated carbocycles. The summed E-state index contributed by atoms with van der Waals surface area (Å²) in [5.41, 5.74) is 1.90. The molecule has 18 heavy (non-hydrogen) atoms. The summed E-state index contributed by atoms with van der Waals surface area (Å²) in [7, 11) is 0. The zero-order chi connectivity index (χ0) is 14.3. The van der Waals surface area contributed by atoms with Crippen LogP contribution in [0, 0.1) is 5.92 Å². The summed E-state index contributed by atoms with van der Waals surface area (Å²) in [5.74, 6) is -0.499. The molecule has 0 aliphatic heterocycles. The van der Waals surface area contributed by atoms with Crippen LogP contribution in [0.1, 0.15) is 27.7 Å². The second kappa shape index (κ2) is 7.93. The Morgan fingerprint density at radius 2 is 1.94 bits per heavy atom. The van der Waals surface area contributed by atoms with Crippen molar-refractivity contribution >= 4 is 23.4 Å². The van der Waals surface area contributed by atoms with Gasteiger partial charge in [-0.3, -0.25) is 14.5 Å². The Bertz CT molecular complexity index is 358. The molecule has 0 fully saturated rings. The summed E-state index contributed by atoms with van der Waals surface area (Å²) in [6.07, 6.45) is 1.17. The third-order valence-corrected chi connectivity index (χ3v) is 2.59. The summed E-state index contributed by atoms with van der Waals surface area (Å²) < 4.78 is 0. The summed E-state index contributed by atoms with van der Waals surface area (Å²) in [6, 6.07) is 0. The molecule has 0 rings (SSSR count). The third kappa shape index (κ3) is 4.92. The van der Waals surface area contributed by atoms with Gasteiger partial charge >= 0.3 is 0 Å². The fourth-order valence-electron chi connectivity index (χ4n) is 1.77. The topological polar surface area (TPSA) is 49.4 Å². The van der Waals surface area contributed by atoms with E-state index in [-0.39, 0.29) is 30.3 Å². The van der Waals surface area contributed by atoms with E-state index in [9.17, 15) is 9.59 Å². The highest BCUT2D eigenvalue weighted by Gasteiger charge is 2.20. The number of alkyl halides is 1. The molecule has 0 atom stereocenters. The van der Waals surface area contributed by atoms with E-state index in [0.717, 1.165) is 11.3 Å². The van der Waals surface area contributed by atoms with Crippen molar-refractivity contribution < 1.29 is 9.59 Å². The molecule has 0 bridgehead atoms. The standard InChI is InChI=1S/C13H21ClN2O2/c1-6-11(17)15-8-16(12(18)7-14)13(9(2)3)10(4)5/h6,9H,1,7-8H2,2-5H3,(H,15,17). The normalized spacial score (nSPS) is 9.89. The second-order valence-corrected chi connectivity index (χ2v) is 4.67. The molecule has 0 unspecified atom stereocenters. The Hall–Kier alpha value is -1.29. The van der Waals surface area contributed by atoms with Gasteiger partial charge in [0, 0.05) is 5.70 Å². The summed E-state index contributed by atoms with van der Waals surface area (Å²) >= 11 is 5.60. The van der Waals surface area contributed by atoms with E-state index < -0.39 is 0 Å². The zero-order valence-corrected chi connectivity index (χ0v) is 12.2. The molecule has 102 valence electrons. The first-order chi connectivity index (χ1) is 8.34. The van der Waals surface area contributed by atoms with Crippen molar-refractivity contribution in [3.63, 3.8) is 0 Å². The molecule has 4 nitrogen and oxygen atoms in total. The number of allylic oxidation sites excluding steroid dienone is 2. The average molecular weight is 273 g/mol. The van der Waals surface area contributed by atoms with Gasteiger partial charge in [0.2, 0.25) is 11.8 Å². The van der Waals surface area contributed by atoms with Crippen molar-refractivity contribution in [2.75, 3.05) is 12.5 Å². The number of carbonyl (C=O) groups is 2. The molecule has 0 heterocycles. The number of amides is 2. The van der Waals surface area contributed by atoms with Gasteiger partial charge < -0.3 is 5.32 Å². The lowest BCUT2D eigenvalue weighted by molar-refractivity contribution is -0.128. The maximum absolute atomic E-state index is 11.8. The average Bonchev–Trinajstić information content (AvgIpc) is 2.31. The molecular weight excluding hydrogens is 252 g/mol.